The second kappa shape index (κ2) is 6.58. The molecule has 0 saturated carbocycles. The van der Waals surface area contributed by atoms with Gasteiger partial charge in [-0.1, -0.05) is 55.9 Å². The third-order valence-electron chi connectivity index (χ3n) is 1.61. The molecule has 0 unspecified atom stereocenters. The van der Waals surface area contributed by atoms with Crippen LogP contribution in [0.25, 0.3) is 10.6 Å². The third-order valence-corrected chi connectivity index (χ3v) is 3.04. The van der Waals surface area contributed by atoms with Crippen LogP contribution in [0.4, 0.5) is 0 Å². The third kappa shape index (κ3) is 3.32. The van der Waals surface area contributed by atoms with Crippen LogP contribution < -0.4 is 0 Å². The fourth-order valence-corrected chi connectivity index (χ4v) is 2.22. The molecule has 0 atom stereocenters. The maximum Gasteiger partial charge on any atom is 0.200 e. The Kier molecular flexibility index (Phi) is 5.36. The average molecular weight is 238 g/mol. The monoisotopic (exact) mass is 238 g/mol. The molecule has 0 spiro atoms. The standard InChI is InChI=1S/C9H8N2S2.C2H6/c1-12-9-10-8(13-11-9)7-5-3-2-4-6-7;1-2/h2-6H,1H3;1-2H3. The lowest BCUT2D eigenvalue weighted by Crippen LogP contribution is -1.75. The summed E-state index contributed by atoms with van der Waals surface area (Å²) in [6.45, 7) is 4.00. The molecule has 0 saturated heterocycles. The number of hydrogen-bond acceptors (Lipinski definition) is 4. The first-order chi connectivity index (χ1) is 7.40. The van der Waals surface area contributed by atoms with Gasteiger partial charge in [-0.3, -0.25) is 0 Å². The summed E-state index contributed by atoms with van der Waals surface area (Å²) in [6, 6.07) is 10.1. The number of hydrogen-bond donors (Lipinski definition) is 0. The molecule has 0 amide bonds. The normalized spacial score (nSPS) is 9.27. The molecule has 2 rings (SSSR count). The lowest BCUT2D eigenvalue weighted by molar-refractivity contribution is 1.09. The van der Waals surface area contributed by atoms with Crippen LogP contribution in [-0.2, 0) is 0 Å². The lowest BCUT2D eigenvalue weighted by atomic mass is 10.2. The van der Waals surface area contributed by atoms with Gasteiger partial charge in [-0.15, -0.1) is 0 Å². The summed E-state index contributed by atoms with van der Waals surface area (Å²) in [6.07, 6.45) is 1.98. The van der Waals surface area contributed by atoms with Gasteiger partial charge >= 0.3 is 0 Å². The minimum absolute atomic E-state index is 0.851. The number of thioether (sulfide) groups is 1. The summed E-state index contributed by atoms with van der Waals surface area (Å²) in [4.78, 5) is 4.37. The van der Waals surface area contributed by atoms with E-state index in [-0.39, 0.29) is 0 Å². The van der Waals surface area contributed by atoms with Crippen LogP contribution in [-0.4, -0.2) is 15.6 Å². The first-order valence-electron chi connectivity index (χ1n) is 4.83. The molecule has 0 aliphatic heterocycles. The van der Waals surface area contributed by atoms with Gasteiger partial charge in [0.1, 0.15) is 5.01 Å². The molecule has 1 aromatic heterocycles. The second-order valence-electron chi connectivity index (χ2n) is 2.45. The fourth-order valence-electron chi connectivity index (χ4n) is 0.991. The predicted molar refractivity (Wildman–Crippen MR) is 68.5 cm³/mol. The topological polar surface area (TPSA) is 25.8 Å². The van der Waals surface area contributed by atoms with Gasteiger partial charge in [0.15, 0.2) is 5.16 Å². The second-order valence-corrected chi connectivity index (χ2v) is 3.98. The summed E-state index contributed by atoms with van der Waals surface area (Å²) in [5, 5.41) is 1.84. The fraction of sp³-hybridized carbons (Fsp3) is 0.273. The lowest BCUT2D eigenvalue weighted by Gasteiger charge is -1.91. The van der Waals surface area contributed by atoms with Gasteiger partial charge in [-0.2, -0.15) is 4.37 Å². The Bertz CT molecular complexity index is 384. The van der Waals surface area contributed by atoms with Crippen LogP contribution in [0, 0.1) is 0 Å². The summed E-state index contributed by atoms with van der Waals surface area (Å²) in [7, 11) is 0. The molecule has 0 fully saturated rings. The van der Waals surface area contributed by atoms with Gasteiger partial charge in [0, 0.05) is 5.56 Å². The highest BCUT2D eigenvalue weighted by Crippen LogP contribution is 2.23. The molecular weight excluding hydrogens is 224 g/mol. The van der Waals surface area contributed by atoms with Crippen molar-refractivity contribution in [1.82, 2.24) is 9.36 Å². The van der Waals surface area contributed by atoms with Crippen molar-refractivity contribution in [3.05, 3.63) is 30.3 Å². The zero-order valence-electron chi connectivity index (χ0n) is 9.10. The molecule has 2 aromatic rings. The van der Waals surface area contributed by atoms with E-state index in [1.165, 1.54) is 11.5 Å². The van der Waals surface area contributed by atoms with Gasteiger partial charge < -0.3 is 0 Å². The van der Waals surface area contributed by atoms with Crippen LogP contribution in [0.3, 0.4) is 0 Å². The molecule has 4 heteroatoms. The van der Waals surface area contributed by atoms with Crippen molar-refractivity contribution in [3.63, 3.8) is 0 Å². The highest BCUT2D eigenvalue weighted by Gasteiger charge is 2.03. The first kappa shape index (κ1) is 12.2. The molecular formula is C11H14N2S2. The molecule has 0 aliphatic rings. The highest BCUT2D eigenvalue weighted by molar-refractivity contribution is 7.98. The summed E-state index contributed by atoms with van der Waals surface area (Å²) >= 11 is 3.02. The summed E-state index contributed by atoms with van der Waals surface area (Å²) in [5.74, 6) is 0. The van der Waals surface area contributed by atoms with E-state index in [1.807, 2.05) is 50.4 Å². The van der Waals surface area contributed by atoms with Crippen molar-refractivity contribution in [2.24, 2.45) is 0 Å². The largest absolute Gasteiger partial charge is 0.209 e. The van der Waals surface area contributed by atoms with Crippen LogP contribution in [0.15, 0.2) is 35.5 Å². The number of aromatic nitrogens is 2. The Morgan fingerprint density at radius 3 is 2.33 bits per heavy atom. The zero-order valence-corrected chi connectivity index (χ0v) is 10.7. The smallest absolute Gasteiger partial charge is 0.200 e. The first-order valence-corrected chi connectivity index (χ1v) is 6.83. The van der Waals surface area contributed by atoms with E-state index in [2.05, 4.69) is 9.36 Å². The van der Waals surface area contributed by atoms with E-state index in [9.17, 15) is 0 Å². The van der Waals surface area contributed by atoms with E-state index in [4.69, 9.17) is 0 Å². The van der Waals surface area contributed by atoms with E-state index < -0.39 is 0 Å². The summed E-state index contributed by atoms with van der Waals surface area (Å²) < 4.78 is 4.20. The molecule has 0 N–H and O–H groups in total. The van der Waals surface area contributed by atoms with Crippen molar-refractivity contribution in [1.29, 1.82) is 0 Å². The Hall–Kier alpha value is -0.870. The van der Waals surface area contributed by atoms with E-state index in [0.29, 0.717) is 0 Å². The van der Waals surface area contributed by atoms with Crippen molar-refractivity contribution < 1.29 is 0 Å². The molecule has 0 radical (unpaired) electrons. The molecule has 2 nitrogen and oxygen atoms in total. The molecule has 1 aromatic carbocycles. The minimum atomic E-state index is 0.851. The molecule has 15 heavy (non-hydrogen) atoms. The van der Waals surface area contributed by atoms with Crippen LogP contribution in [0.2, 0.25) is 0 Å². The van der Waals surface area contributed by atoms with Crippen LogP contribution in [0.5, 0.6) is 0 Å². The average Bonchev–Trinajstić information content (AvgIpc) is 2.81. The minimum Gasteiger partial charge on any atom is -0.209 e. The molecule has 1 heterocycles. The Labute approximate surface area is 98.9 Å². The van der Waals surface area contributed by atoms with Crippen molar-refractivity contribution in [3.8, 4) is 10.6 Å². The van der Waals surface area contributed by atoms with E-state index in [1.54, 1.807) is 11.8 Å². The maximum atomic E-state index is 4.37. The Morgan fingerprint density at radius 2 is 1.80 bits per heavy atom. The van der Waals surface area contributed by atoms with Gasteiger partial charge in [-0.25, -0.2) is 4.98 Å². The predicted octanol–water partition coefficient (Wildman–Crippen LogP) is 3.95. The van der Waals surface area contributed by atoms with Crippen molar-refractivity contribution >= 4 is 23.3 Å². The molecule has 80 valence electrons. The maximum absolute atomic E-state index is 4.37. The van der Waals surface area contributed by atoms with Gasteiger partial charge in [-0.05, 0) is 17.8 Å². The summed E-state index contributed by atoms with van der Waals surface area (Å²) in [5.41, 5.74) is 1.14. The van der Waals surface area contributed by atoms with E-state index in [0.717, 1.165) is 15.7 Å². The quantitative estimate of drug-likeness (QED) is 0.741. The van der Waals surface area contributed by atoms with Gasteiger partial charge in [0.2, 0.25) is 0 Å². The number of benzene rings is 1. The van der Waals surface area contributed by atoms with Crippen molar-refractivity contribution in [2.75, 3.05) is 6.26 Å². The molecule has 0 bridgehead atoms. The van der Waals surface area contributed by atoms with Crippen molar-refractivity contribution in [2.45, 2.75) is 19.0 Å². The number of rotatable bonds is 2. The van der Waals surface area contributed by atoms with Crippen LogP contribution in [0.1, 0.15) is 13.8 Å². The molecule has 0 aliphatic carbocycles. The van der Waals surface area contributed by atoms with Crippen LogP contribution >= 0.6 is 23.3 Å². The Balaban J connectivity index is 0.000000531. The highest BCUT2D eigenvalue weighted by atomic mass is 32.2. The van der Waals surface area contributed by atoms with Gasteiger partial charge in [0.05, 0.1) is 0 Å². The SMILES string of the molecule is CC.CSc1nsc(-c2ccccc2)n1. The van der Waals surface area contributed by atoms with Gasteiger partial charge in [0.25, 0.3) is 0 Å². The number of nitrogens with zero attached hydrogens (tertiary/aromatic N) is 2. The zero-order chi connectivity index (χ0) is 11.1. The van der Waals surface area contributed by atoms with E-state index >= 15 is 0 Å². The Morgan fingerprint density at radius 1 is 1.13 bits per heavy atom.